The first kappa shape index (κ1) is 29.7. The van der Waals surface area contributed by atoms with Crippen LogP contribution in [0.15, 0.2) is 52.8 Å². The van der Waals surface area contributed by atoms with Crippen molar-refractivity contribution < 1.29 is 38.4 Å². The van der Waals surface area contributed by atoms with E-state index in [4.69, 9.17) is 30.1 Å². The van der Waals surface area contributed by atoms with Crippen LogP contribution in [0.4, 0.5) is 4.79 Å². The van der Waals surface area contributed by atoms with Gasteiger partial charge in [-0.15, -0.1) is 6.42 Å². The zero-order valence-electron chi connectivity index (χ0n) is 22.6. The first-order valence-corrected chi connectivity index (χ1v) is 12.3. The summed E-state index contributed by atoms with van der Waals surface area (Å²) < 4.78 is 27.1. The van der Waals surface area contributed by atoms with E-state index in [2.05, 4.69) is 27.1 Å². The summed E-state index contributed by atoms with van der Waals surface area (Å²) in [5.74, 6) is 3.53. The van der Waals surface area contributed by atoms with E-state index in [0.717, 1.165) is 0 Å². The molecule has 12 nitrogen and oxygen atoms in total. The minimum absolute atomic E-state index is 0.116. The maximum absolute atomic E-state index is 12.4. The number of amides is 2. The van der Waals surface area contributed by atoms with Crippen LogP contribution in [-0.4, -0.2) is 63.6 Å². The Hall–Kier alpha value is -4.89. The molecule has 2 atom stereocenters. The van der Waals surface area contributed by atoms with E-state index in [0.29, 0.717) is 46.4 Å². The summed E-state index contributed by atoms with van der Waals surface area (Å²) in [6.45, 7) is 3.72. The van der Waals surface area contributed by atoms with Gasteiger partial charge in [0, 0.05) is 5.70 Å². The molecule has 1 heterocycles. The molecule has 2 amide bonds. The molecule has 0 fully saturated rings. The molecule has 1 aliphatic rings. The van der Waals surface area contributed by atoms with Crippen molar-refractivity contribution in [3.05, 3.63) is 58.8 Å². The van der Waals surface area contributed by atoms with E-state index in [1.165, 1.54) is 20.4 Å². The number of terminal acetylenes is 1. The van der Waals surface area contributed by atoms with Crippen LogP contribution in [0.2, 0.25) is 0 Å². The number of methoxy groups -OCH3 is 2. The number of rotatable bonds is 13. The molecule has 0 saturated heterocycles. The highest BCUT2D eigenvalue weighted by molar-refractivity contribution is 5.95. The molecule has 0 unspecified atom stereocenters. The monoisotopic (exact) mass is 552 g/mol. The number of hydrazone groups is 1. The Balaban J connectivity index is 1.67. The maximum atomic E-state index is 12.4. The van der Waals surface area contributed by atoms with Gasteiger partial charge < -0.3 is 39.4 Å². The fraction of sp³-hybridized carbons (Fsp3) is 0.321. The number of nitrogens with one attached hydrogen (secondary N) is 3. The summed E-state index contributed by atoms with van der Waals surface area (Å²) in [5.41, 5.74) is 4.52. The van der Waals surface area contributed by atoms with Gasteiger partial charge in [0.05, 0.1) is 38.7 Å². The van der Waals surface area contributed by atoms with Crippen LogP contribution in [0.25, 0.3) is 0 Å². The molecule has 2 aromatic rings. The molecule has 0 radical (unpaired) electrons. The quantitative estimate of drug-likeness (QED) is 0.0965. The van der Waals surface area contributed by atoms with Crippen LogP contribution >= 0.6 is 0 Å². The number of aliphatic hydroxyl groups excluding tert-OH is 1. The van der Waals surface area contributed by atoms with Crippen molar-refractivity contribution in [2.45, 2.75) is 26.1 Å². The molecule has 0 bridgehead atoms. The number of carbonyl (C=O) groups is 2. The van der Waals surface area contributed by atoms with Gasteiger partial charge in [-0.2, -0.15) is 5.10 Å². The van der Waals surface area contributed by atoms with E-state index in [9.17, 15) is 14.7 Å². The second kappa shape index (κ2) is 14.3. The van der Waals surface area contributed by atoms with E-state index in [1.54, 1.807) is 50.2 Å². The Morgan fingerprint density at radius 3 is 2.60 bits per heavy atom. The first-order valence-electron chi connectivity index (χ1n) is 12.3. The third-order valence-electron chi connectivity index (χ3n) is 5.61. The van der Waals surface area contributed by atoms with Gasteiger partial charge in [0.25, 0.3) is 0 Å². The third-order valence-corrected chi connectivity index (χ3v) is 5.61. The SMILES string of the molecule is C#CCOc1ccc(/C=N\N[C@H](O)COc2ccc([C@H]3NC(=O)NC(C)=C3C(=O)OC)cc2OCC)cc1OC. The van der Waals surface area contributed by atoms with E-state index in [1.807, 2.05) is 0 Å². The van der Waals surface area contributed by atoms with Crippen molar-refractivity contribution in [3.63, 3.8) is 0 Å². The molecule has 212 valence electrons. The predicted octanol–water partition coefficient (Wildman–Crippen LogP) is 2.23. The topological polar surface area (TPSA) is 149 Å². The van der Waals surface area contributed by atoms with Crippen LogP contribution in [0, 0.1) is 12.3 Å². The Kier molecular flexibility index (Phi) is 10.6. The van der Waals surface area contributed by atoms with Crippen molar-refractivity contribution in [1.29, 1.82) is 0 Å². The highest BCUT2D eigenvalue weighted by Gasteiger charge is 2.32. The molecular formula is C28H32N4O8. The van der Waals surface area contributed by atoms with Crippen molar-refractivity contribution in [2.75, 3.05) is 34.0 Å². The highest BCUT2D eigenvalue weighted by atomic mass is 16.5. The van der Waals surface area contributed by atoms with Crippen molar-refractivity contribution in [3.8, 4) is 35.3 Å². The number of allylic oxidation sites excluding steroid dienone is 1. The summed E-state index contributed by atoms with van der Waals surface area (Å²) in [6, 6.07) is 8.94. The van der Waals surface area contributed by atoms with Gasteiger partial charge in [-0.05, 0) is 55.3 Å². The van der Waals surface area contributed by atoms with E-state index >= 15 is 0 Å². The lowest BCUT2D eigenvalue weighted by Gasteiger charge is -2.28. The number of benzene rings is 2. The Morgan fingerprint density at radius 2 is 1.90 bits per heavy atom. The van der Waals surface area contributed by atoms with Gasteiger partial charge in [0.2, 0.25) is 0 Å². The van der Waals surface area contributed by atoms with Gasteiger partial charge in [-0.1, -0.05) is 12.0 Å². The van der Waals surface area contributed by atoms with E-state index < -0.39 is 24.3 Å². The van der Waals surface area contributed by atoms with Crippen molar-refractivity contribution in [2.24, 2.45) is 5.10 Å². The average molecular weight is 553 g/mol. The zero-order chi connectivity index (χ0) is 29.1. The molecule has 0 aromatic heterocycles. The summed E-state index contributed by atoms with van der Waals surface area (Å²) in [5, 5.41) is 19.7. The molecule has 0 spiro atoms. The molecule has 3 rings (SSSR count). The molecule has 40 heavy (non-hydrogen) atoms. The molecule has 4 N–H and O–H groups in total. The average Bonchev–Trinajstić information content (AvgIpc) is 2.95. The molecule has 0 saturated carbocycles. The van der Waals surface area contributed by atoms with E-state index in [-0.39, 0.29) is 18.8 Å². The van der Waals surface area contributed by atoms with Crippen LogP contribution in [-0.2, 0) is 9.53 Å². The number of hydrogen-bond acceptors (Lipinski definition) is 10. The lowest BCUT2D eigenvalue weighted by atomic mass is 9.95. The maximum Gasteiger partial charge on any atom is 0.337 e. The van der Waals surface area contributed by atoms with Gasteiger partial charge in [-0.25, -0.2) is 9.59 Å². The molecule has 1 aliphatic heterocycles. The van der Waals surface area contributed by atoms with Gasteiger partial charge in [0.1, 0.15) is 13.2 Å². The summed E-state index contributed by atoms with van der Waals surface area (Å²) >= 11 is 0. The van der Waals surface area contributed by atoms with Crippen molar-refractivity contribution >= 4 is 18.2 Å². The number of carbonyl (C=O) groups excluding carboxylic acids is 2. The Bertz CT molecular complexity index is 1320. The smallest absolute Gasteiger partial charge is 0.337 e. The Morgan fingerprint density at radius 1 is 1.15 bits per heavy atom. The fourth-order valence-corrected chi connectivity index (χ4v) is 3.82. The Labute approximate surface area is 232 Å². The van der Waals surface area contributed by atoms with Crippen molar-refractivity contribution in [1.82, 2.24) is 16.1 Å². The van der Waals surface area contributed by atoms with Crippen LogP contribution in [0.1, 0.15) is 31.0 Å². The zero-order valence-corrected chi connectivity index (χ0v) is 22.6. The number of urea groups is 1. The lowest BCUT2D eigenvalue weighted by Crippen LogP contribution is -2.45. The number of hydrogen-bond donors (Lipinski definition) is 4. The second-order valence-electron chi connectivity index (χ2n) is 8.32. The predicted molar refractivity (Wildman–Crippen MR) is 146 cm³/mol. The van der Waals surface area contributed by atoms with Gasteiger partial charge in [0.15, 0.2) is 29.2 Å². The summed E-state index contributed by atoms with van der Waals surface area (Å²) in [6.07, 6.45) is 5.58. The van der Waals surface area contributed by atoms with Gasteiger partial charge >= 0.3 is 12.0 Å². The molecular weight excluding hydrogens is 520 g/mol. The number of aliphatic hydroxyl groups is 1. The molecule has 2 aromatic carbocycles. The normalized spacial score (nSPS) is 15.4. The van der Waals surface area contributed by atoms with Crippen LogP contribution in [0.3, 0.4) is 0 Å². The largest absolute Gasteiger partial charge is 0.493 e. The first-order chi connectivity index (χ1) is 19.3. The number of esters is 1. The van der Waals surface area contributed by atoms with Crippen LogP contribution in [0.5, 0.6) is 23.0 Å². The van der Waals surface area contributed by atoms with Gasteiger partial charge in [-0.3, -0.25) is 5.43 Å². The highest BCUT2D eigenvalue weighted by Crippen LogP contribution is 2.35. The fourth-order valence-electron chi connectivity index (χ4n) is 3.82. The summed E-state index contributed by atoms with van der Waals surface area (Å²) in [7, 11) is 2.78. The minimum atomic E-state index is -1.15. The number of nitrogens with zero attached hydrogens (tertiary/aromatic N) is 1. The lowest BCUT2D eigenvalue weighted by molar-refractivity contribution is -0.136. The second-order valence-corrected chi connectivity index (χ2v) is 8.32. The third kappa shape index (κ3) is 7.58. The number of ether oxygens (including phenoxy) is 5. The molecule has 12 heteroatoms. The molecule has 0 aliphatic carbocycles. The minimum Gasteiger partial charge on any atom is -0.493 e. The van der Waals surface area contributed by atoms with Crippen LogP contribution < -0.4 is 35.0 Å². The standard InChI is InChI=1S/C28H32N4O8/c1-6-12-39-20-10-8-18(13-22(20)36-4)15-29-32-24(33)16-40-21-11-9-19(14-23(21)38-7-2)26-25(27(34)37-5)17(3)30-28(35)31-26/h1,8-11,13-15,24,26,32-33H,7,12,16H2,2-5H3,(H2,30,31,35)/b29-15-/t24-,26-/m1/s1. The summed E-state index contributed by atoms with van der Waals surface area (Å²) in [4.78, 5) is 24.5.